The van der Waals surface area contributed by atoms with Gasteiger partial charge in [0.25, 0.3) is 5.91 Å². The van der Waals surface area contributed by atoms with Crippen LogP contribution in [0.15, 0.2) is 85.8 Å². The fraction of sp³-hybridized carbons (Fsp3) is 0.0714. The molecule has 0 saturated heterocycles. The first-order valence-corrected chi connectivity index (χ1v) is 11.3. The number of nitrogens with two attached hydrogens (primary N) is 1. The minimum Gasteiger partial charge on any atom is -0.398 e. The quantitative estimate of drug-likeness (QED) is 0.363. The Hall–Kier alpha value is -4.78. The number of amides is 1. The summed E-state index contributed by atoms with van der Waals surface area (Å²) < 4.78 is 0. The van der Waals surface area contributed by atoms with E-state index in [1.54, 1.807) is 17.2 Å². The van der Waals surface area contributed by atoms with Crippen LogP contribution in [0.3, 0.4) is 0 Å². The number of aromatic amines is 1. The lowest BCUT2D eigenvalue weighted by molar-refractivity contribution is 0.0800. The molecule has 7 nitrogen and oxygen atoms in total. The van der Waals surface area contributed by atoms with Gasteiger partial charge in [-0.15, -0.1) is 0 Å². The number of hydrogen-bond acceptors (Lipinski definition) is 5. The van der Waals surface area contributed by atoms with Crippen molar-refractivity contribution in [3.05, 3.63) is 103 Å². The second kappa shape index (κ2) is 8.22. The summed E-state index contributed by atoms with van der Waals surface area (Å²) in [5.41, 5.74) is 14.6. The number of aromatic nitrogens is 4. The van der Waals surface area contributed by atoms with Gasteiger partial charge in [-0.2, -0.15) is 5.10 Å². The zero-order chi connectivity index (χ0) is 23.9. The highest BCUT2D eigenvalue weighted by atomic mass is 16.2. The first-order chi connectivity index (χ1) is 17.1. The van der Waals surface area contributed by atoms with Gasteiger partial charge in [0.15, 0.2) is 0 Å². The van der Waals surface area contributed by atoms with Gasteiger partial charge in [0, 0.05) is 35.9 Å². The number of benzene rings is 3. The number of hydrogen-bond donors (Lipinski definition) is 2. The monoisotopic (exact) mass is 458 g/mol. The average molecular weight is 459 g/mol. The predicted molar refractivity (Wildman–Crippen MR) is 137 cm³/mol. The van der Waals surface area contributed by atoms with Crippen molar-refractivity contribution in [3.8, 4) is 22.4 Å². The molecule has 3 aromatic carbocycles. The standard InChI is InChI=1S/C28H22N6O/c1-17(24-11-12-30-16-31-24)14-34-15-22-20(8-9-23(29)26(22)28(34)35)19-7-10-25-21(13-19)27(33-32-25)18-5-3-2-4-6-18/h2-13,16H,1,14-15,29H2,(H,32,33). The van der Waals surface area contributed by atoms with Gasteiger partial charge in [-0.3, -0.25) is 9.89 Å². The van der Waals surface area contributed by atoms with Gasteiger partial charge < -0.3 is 10.6 Å². The largest absolute Gasteiger partial charge is 0.398 e. The second-order valence-corrected chi connectivity index (χ2v) is 8.61. The first-order valence-electron chi connectivity index (χ1n) is 11.3. The van der Waals surface area contributed by atoms with Crippen molar-refractivity contribution in [2.45, 2.75) is 6.54 Å². The van der Waals surface area contributed by atoms with Crippen LogP contribution in [-0.4, -0.2) is 37.5 Å². The SMILES string of the molecule is C=C(CN1Cc2c(-c3ccc4[nH]nc(-c5ccccc5)c4c3)ccc(N)c2C1=O)c1ccncn1. The van der Waals surface area contributed by atoms with E-state index in [0.29, 0.717) is 24.3 Å². The molecule has 0 radical (unpaired) electrons. The van der Waals surface area contributed by atoms with Gasteiger partial charge in [0.05, 0.1) is 22.5 Å². The van der Waals surface area contributed by atoms with Crippen LogP contribution in [0.5, 0.6) is 0 Å². The molecule has 1 aliphatic heterocycles. The van der Waals surface area contributed by atoms with E-state index < -0.39 is 0 Å². The topological polar surface area (TPSA) is 101 Å². The molecule has 3 heterocycles. The number of nitrogen functional groups attached to an aromatic ring is 1. The Morgan fingerprint density at radius 3 is 2.71 bits per heavy atom. The normalized spacial score (nSPS) is 12.8. The molecule has 35 heavy (non-hydrogen) atoms. The molecule has 1 aliphatic rings. The van der Waals surface area contributed by atoms with Gasteiger partial charge >= 0.3 is 0 Å². The molecule has 0 atom stereocenters. The van der Waals surface area contributed by atoms with Crippen molar-refractivity contribution in [3.63, 3.8) is 0 Å². The van der Waals surface area contributed by atoms with Crippen LogP contribution in [-0.2, 0) is 6.54 Å². The Kier molecular flexibility index (Phi) is 4.88. The molecule has 0 fully saturated rings. The van der Waals surface area contributed by atoms with E-state index in [0.717, 1.165) is 50.1 Å². The molecule has 2 aromatic heterocycles. The number of nitrogens with one attached hydrogen (secondary N) is 1. The Morgan fingerprint density at radius 1 is 1.06 bits per heavy atom. The number of nitrogens with zero attached hydrogens (tertiary/aromatic N) is 4. The van der Waals surface area contributed by atoms with Crippen LogP contribution >= 0.6 is 0 Å². The molecule has 170 valence electrons. The van der Waals surface area contributed by atoms with E-state index in [9.17, 15) is 4.79 Å². The van der Waals surface area contributed by atoms with Gasteiger partial charge in [0.1, 0.15) is 6.33 Å². The number of rotatable bonds is 5. The van der Waals surface area contributed by atoms with Crippen molar-refractivity contribution < 1.29 is 4.79 Å². The fourth-order valence-electron chi connectivity index (χ4n) is 4.71. The third kappa shape index (κ3) is 3.54. The minimum absolute atomic E-state index is 0.0936. The summed E-state index contributed by atoms with van der Waals surface area (Å²) in [6.45, 7) is 4.95. The molecule has 0 unspecified atom stereocenters. The molecule has 6 rings (SSSR count). The molecule has 0 spiro atoms. The molecule has 5 aromatic rings. The lowest BCUT2D eigenvalue weighted by Crippen LogP contribution is -2.26. The van der Waals surface area contributed by atoms with Crippen LogP contribution in [0.25, 0.3) is 38.9 Å². The first kappa shape index (κ1) is 20.8. The molecular formula is C28H22N6O. The van der Waals surface area contributed by atoms with Crippen molar-refractivity contribution >= 4 is 28.1 Å². The highest BCUT2D eigenvalue weighted by Gasteiger charge is 2.32. The zero-order valence-corrected chi connectivity index (χ0v) is 18.9. The summed E-state index contributed by atoms with van der Waals surface area (Å²) in [5, 5.41) is 8.70. The van der Waals surface area contributed by atoms with Crippen molar-refractivity contribution in [2.24, 2.45) is 0 Å². The van der Waals surface area contributed by atoms with E-state index >= 15 is 0 Å². The lowest BCUT2D eigenvalue weighted by atomic mass is 9.94. The maximum Gasteiger partial charge on any atom is 0.256 e. The molecular weight excluding hydrogens is 436 g/mol. The van der Waals surface area contributed by atoms with Crippen LogP contribution in [0.4, 0.5) is 5.69 Å². The molecule has 1 amide bonds. The summed E-state index contributed by atoms with van der Waals surface area (Å²) in [4.78, 5) is 23.3. The lowest BCUT2D eigenvalue weighted by Gasteiger charge is -2.17. The summed E-state index contributed by atoms with van der Waals surface area (Å²) >= 11 is 0. The smallest absolute Gasteiger partial charge is 0.256 e. The number of carbonyl (C=O) groups excluding carboxylic acids is 1. The molecule has 0 bridgehead atoms. The maximum atomic E-state index is 13.3. The van der Waals surface area contributed by atoms with Crippen LogP contribution in [0, 0.1) is 0 Å². The number of H-pyrrole nitrogens is 1. The highest BCUT2D eigenvalue weighted by molar-refractivity contribution is 6.06. The Labute approximate surface area is 202 Å². The minimum atomic E-state index is -0.0936. The van der Waals surface area contributed by atoms with Gasteiger partial charge in [-0.1, -0.05) is 49.0 Å². The molecule has 3 N–H and O–H groups in total. The Morgan fingerprint density at radius 2 is 1.91 bits per heavy atom. The number of fused-ring (bicyclic) bond motifs is 2. The zero-order valence-electron chi connectivity index (χ0n) is 18.9. The van der Waals surface area contributed by atoms with Crippen molar-refractivity contribution in [1.82, 2.24) is 25.1 Å². The van der Waals surface area contributed by atoms with Gasteiger partial charge in [-0.05, 0) is 46.5 Å². The number of anilines is 1. The number of carbonyl (C=O) groups is 1. The van der Waals surface area contributed by atoms with E-state index in [4.69, 9.17) is 5.73 Å². The van der Waals surface area contributed by atoms with E-state index in [-0.39, 0.29) is 5.91 Å². The third-order valence-electron chi connectivity index (χ3n) is 6.44. The Bertz CT molecular complexity index is 1590. The molecule has 0 saturated carbocycles. The van der Waals surface area contributed by atoms with Gasteiger partial charge in [0.2, 0.25) is 0 Å². The van der Waals surface area contributed by atoms with Crippen molar-refractivity contribution in [1.29, 1.82) is 0 Å². The van der Waals surface area contributed by atoms with E-state index in [1.165, 1.54) is 6.33 Å². The summed E-state index contributed by atoms with van der Waals surface area (Å²) in [6.07, 6.45) is 3.15. The van der Waals surface area contributed by atoms with Crippen molar-refractivity contribution in [2.75, 3.05) is 12.3 Å². The summed E-state index contributed by atoms with van der Waals surface area (Å²) in [6, 6.07) is 21.9. The fourth-order valence-corrected chi connectivity index (χ4v) is 4.71. The summed E-state index contributed by atoms with van der Waals surface area (Å²) in [5.74, 6) is -0.0936. The van der Waals surface area contributed by atoms with Crippen LogP contribution in [0.1, 0.15) is 21.6 Å². The molecule has 7 heteroatoms. The average Bonchev–Trinajstić information content (AvgIpc) is 3.46. The van der Waals surface area contributed by atoms with Crippen LogP contribution < -0.4 is 5.73 Å². The molecule has 0 aliphatic carbocycles. The third-order valence-corrected chi connectivity index (χ3v) is 6.44. The summed E-state index contributed by atoms with van der Waals surface area (Å²) in [7, 11) is 0. The highest BCUT2D eigenvalue weighted by Crippen LogP contribution is 2.38. The van der Waals surface area contributed by atoms with Gasteiger partial charge in [-0.25, -0.2) is 9.97 Å². The predicted octanol–water partition coefficient (Wildman–Crippen LogP) is 4.94. The van der Waals surface area contributed by atoms with Crippen LogP contribution in [0.2, 0.25) is 0 Å². The Balaban J connectivity index is 1.39. The maximum absolute atomic E-state index is 13.3. The van der Waals surface area contributed by atoms with E-state index in [2.05, 4.69) is 32.8 Å². The van der Waals surface area contributed by atoms with E-state index in [1.807, 2.05) is 54.6 Å². The second-order valence-electron chi connectivity index (χ2n) is 8.61.